The van der Waals surface area contributed by atoms with Crippen molar-refractivity contribution in [1.82, 2.24) is 5.32 Å². The summed E-state index contributed by atoms with van der Waals surface area (Å²) in [6.45, 7) is 3.83. The van der Waals surface area contributed by atoms with E-state index in [0.717, 1.165) is 0 Å². The first kappa shape index (κ1) is 20.5. The average molecular weight is 397 g/mol. The third kappa shape index (κ3) is 4.81. The van der Waals surface area contributed by atoms with E-state index >= 15 is 0 Å². The van der Waals surface area contributed by atoms with Gasteiger partial charge in [-0.05, 0) is 38.1 Å². The molecule has 3 rings (SSSR count). The van der Waals surface area contributed by atoms with Gasteiger partial charge in [-0.1, -0.05) is 36.4 Å². The van der Waals surface area contributed by atoms with Crippen molar-refractivity contribution in [2.45, 2.75) is 38.3 Å². The van der Waals surface area contributed by atoms with E-state index in [4.69, 9.17) is 14.2 Å². The summed E-state index contributed by atoms with van der Waals surface area (Å²) in [6, 6.07) is 16.9. The fourth-order valence-electron chi connectivity index (χ4n) is 3.13. The summed E-state index contributed by atoms with van der Waals surface area (Å²) in [4.78, 5) is 37.6. The highest BCUT2D eigenvalue weighted by Crippen LogP contribution is 2.28. The van der Waals surface area contributed by atoms with Crippen LogP contribution in [0.3, 0.4) is 0 Å². The monoisotopic (exact) mass is 397 g/mol. The molecular weight excluding hydrogens is 374 g/mol. The Morgan fingerprint density at radius 2 is 1.34 bits per heavy atom. The van der Waals surface area contributed by atoms with Gasteiger partial charge in [-0.25, -0.2) is 9.59 Å². The van der Waals surface area contributed by atoms with Gasteiger partial charge >= 0.3 is 11.9 Å². The maximum absolute atomic E-state index is 12.6. The Morgan fingerprint density at radius 3 is 1.83 bits per heavy atom. The lowest BCUT2D eigenvalue weighted by Gasteiger charge is -2.23. The summed E-state index contributed by atoms with van der Waals surface area (Å²) < 4.78 is 16.9. The number of ether oxygens (including phenoxy) is 3. The number of likely N-dealkylation sites (N-methyl/N-ethyl adjacent to an activating group) is 1. The fraction of sp³-hybridized carbons (Fsp3) is 0.318. The predicted molar refractivity (Wildman–Crippen MR) is 104 cm³/mol. The van der Waals surface area contributed by atoms with Gasteiger partial charge in [-0.3, -0.25) is 4.79 Å². The van der Waals surface area contributed by atoms with Crippen LogP contribution < -0.4 is 5.32 Å². The molecule has 1 heterocycles. The molecule has 2 aromatic rings. The third-order valence-corrected chi connectivity index (χ3v) is 4.56. The minimum Gasteiger partial charge on any atom is -0.452 e. The molecule has 7 heteroatoms. The average Bonchev–Trinajstić information content (AvgIpc) is 3.05. The lowest BCUT2D eigenvalue weighted by molar-refractivity contribution is -0.135. The molecule has 0 bridgehead atoms. The van der Waals surface area contributed by atoms with Crippen molar-refractivity contribution < 1.29 is 28.6 Å². The number of esters is 2. The summed E-state index contributed by atoms with van der Waals surface area (Å²) in [5.41, 5.74) is 0.684. The van der Waals surface area contributed by atoms with Crippen LogP contribution in [-0.2, 0) is 19.0 Å². The molecule has 1 aliphatic rings. The van der Waals surface area contributed by atoms with Gasteiger partial charge in [0.1, 0.15) is 0 Å². The molecule has 1 saturated heterocycles. The minimum absolute atomic E-state index is 0.329. The van der Waals surface area contributed by atoms with Crippen molar-refractivity contribution in [2.75, 3.05) is 6.54 Å². The lowest BCUT2D eigenvalue weighted by atomic mass is 10.1. The van der Waals surface area contributed by atoms with Crippen LogP contribution in [-0.4, -0.2) is 48.8 Å². The van der Waals surface area contributed by atoms with Gasteiger partial charge in [-0.15, -0.1) is 0 Å². The number of rotatable bonds is 6. The summed E-state index contributed by atoms with van der Waals surface area (Å²) in [7, 11) is 0. The maximum atomic E-state index is 12.6. The second-order valence-corrected chi connectivity index (χ2v) is 6.63. The van der Waals surface area contributed by atoms with E-state index in [1.54, 1.807) is 74.5 Å². The highest BCUT2D eigenvalue weighted by Gasteiger charge is 2.50. The van der Waals surface area contributed by atoms with E-state index in [1.165, 1.54) is 0 Å². The predicted octanol–water partition coefficient (Wildman–Crippen LogP) is 2.36. The van der Waals surface area contributed by atoms with E-state index in [1.807, 2.05) is 0 Å². The number of carbonyl (C=O) groups excluding carboxylic acids is 3. The number of amides is 1. The van der Waals surface area contributed by atoms with Crippen LogP contribution in [0.25, 0.3) is 0 Å². The third-order valence-electron chi connectivity index (χ3n) is 4.56. The second-order valence-electron chi connectivity index (χ2n) is 6.63. The van der Waals surface area contributed by atoms with E-state index in [2.05, 4.69) is 5.32 Å². The van der Waals surface area contributed by atoms with E-state index < -0.39 is 42.3 Å². The Kier molecular flexibility index (Phi) is 6.61. The fourth-order valence-corrected chi connectivity index (χ4v) is 3.13. The van der Waals surface area contributed by atoms with E-state index in [9.17, 15) is 14.4 Å². The van der Waals surface area contributed by atoms with Crippen molar-refractivity contribution in [2.24, 2.45) is 0 Å². The van der Waals surface area contributed by atoms with Crippen molar-refractivity contribution in [1.29, 1.82) is 0 Å². The first-order chi connectivity index (χ1) is 14.0. The molecule has 7 nitrogen and oxygen atoms in total. The highest BCUT2D eigenvalue weighted by molar-refractivity contribution is 5.91. The van der Waals surface area contributed by atoms with Crippen LogP contribution in [0.4, 0.5) is 0 Å². The highest BCUT2D eigenvalue weighted by atomic mass is 16.6. The molecule has 2 aromatic carbocycles. The van der Waals surface area contributed by atoms with Crippen LogP contribution in [0.15, 0.2) is 60.7 Å². The van der Waals surface area contributed by atoms with Crippen LogP contribution in [0.2, 0.25) is 0 Å². The van der Waals surface area contributed by atoms with Gasteiger partial charge < -0.3 is 19.5 Å². The van der Waals surface area contributed by atoms with Crippen molar-refractivity contribution in [3.05, 3.63) is 71.8 Å². The number of hydrogen-bond acceptors (Lipinski definition) is 6. The summed E-state index contributed by atoms with van der Waals surface area (Å²) in [5, 5.41) is 2.66. The largest absolute Gasteiger partial charge is 0.452 e. The molecular formula is C22H23NO6. The Morgan fingerprint density at radius 1 is 0.862 bits per heavy atom. The van der Waals surface area contributed by atoms with Gasteiger partial charge in [0.2, 0.25) is 0 Å². The Bertz CT molecular complexity index is 854. The maximum Gasteiger partial charge on any atom is 0.338 e. The zero-order valence-corrected chi connectivity index (χ0v) is 16.2. The van der Waals surface area contributed by atoms with Gasteiger partial charge in [0.15, 0.2) is 18.3 Å². The number of nitrogens with one attached hydrogen (secondary N) is 1. The van der Waals surface area contributed by atoms with Gasteiger partial charge in [0.25, 0.3) is 5.91 Å². The minimum atomic E-state index is -1.08. The zero-order chi connectivity index (χ0) is 20.8. The smallest absolute Gasteiger partial charge is 0.338 e. The number of benzene rings is 2. The van der Waals surface area contributed by atoms with Crippen molar-refractivity contribution in [3.63, 3.8) is 0 Å². The van der Waals surface area contributed by atoms with Crippen molar-refractivity contribution >= 4 is 17.8 Å². The molecule has 0 aliphatic carbocycles. The first-order valence-corrected chi connectivity index (χ1v) is 9.46. The molecule has 1 aliphatic heterocycles. The molecule has 4 atom stereocenters. The molecule has 1 unspecified atom stereocenters. The van der Waals surface area contributed by atoms with E-state index in [-0.39, 0.29) is 0 Å². The molecule has 0 radical (unpaired) electrons. The quantitative estimate of drug-likeness (QED) is 0.753. The van der Waals surface area contributed by atoms with Gasteiger partial charge in [0, 0.05) is 6.54 Å². The van der Waals surface area contributed by atoms with Gasteiger partial charge in [-0.2, -0.15) is 0 Å². The SMILES string of the molecule is CCNC(=O)[C@H]1OC(C)[C@H](OC(=O)c2ccccc2)[C@@H]1OC(=O)c1ccccc1. The summed E-state index contributed by atoms with van der Waals surface area (Å²) in [6.07, 6.45) is -3.71. The van der Waals surface area contributed by atoms with Crippen LogP contribution >= 0.6 is 0 Å². The molecule has 152 valence electrons. The Hall–Kier alpha value is -3.19. The first-order valence-electron chi connectivity index (χ1n) is 9.46. The lowest BCUT2D eigenvalue weighted by Crippen LogP contribution is -2.46. The molecule has 29 heavy (non-hydrogen) atoms. The van der Waals surface area contributed by atoms with Crippen LogP contribution in [0, 0.1) is 0 Å². The van der Waals surface area contributed by atoms with Crippen LogP contribution in [0.1, 0.15) is 34.6 Å². The second kappa shape index (κ2) is 9.34. The van der Waals surface area contributed by atoms with Gasteiger partial charge in [0.05, 0.1) is 17.2 Å². The molecule has 0 spiro atoms. The van der Waals surface area contributed by atoms with Crippen molar-refractivity contribution in [3.8, 4) is 0 Å². The molecule has 1 N–H and O–H groups in total. The molecule has 1 amide bonds. The standard InChI is InChI=1S/C22H23NO6/c1-3-23-20(24)19-18(29-22(26)16-12-8-5-9-13-16)17(14(2)27-19)28-21(25)15-10-6-4-7-11-15/h4-14,17-19H,3H2,1-2H3,(H,23,24)/t14?,17-,18-,19-/m0/s1. The molecule has 0 aromatic heterocycles. The van der Waals surface area contributed by atoms with E-state index in [0.29, 0.717) is 17.7 Å². The topological polar surface area (TPSA) is 90.9 Å². The zero-order valence-electron chi connectivity index (χ0n) is 16.2. The summed E-state index contributed by atoms with van der Waals surface area (Å²) >= 11 is 0. The van der Waals surface area contributed by atoms with Crippen LogP contribution in [0.5, 0.6) is 0 Å². The molecule has 1 fully saturated rings. The Labute approximate surface area is 169 Å². The number of carbonyl (C=O) groups is 3. The summed E-state index contributed by atoms with van der Waals surface area (Å²) in [5.74, 6) is -1.63. The normalized spacial score (nSPS) is 23.2. The molecule has 0 saturated carbocycles. The number of hydrogen-bond donors (Lipinski definition) is 1. The Balaban J connectivity index is 1.82.